The highest BCUT2D eigenvalue weighted by Crippen LogP contribution is 2.33. The van der Waals surface area contributed by atoms with Crippen LogP contribution in [0.25, 0.3) is 0 Å². The van der Waals surface area contributed by atoms with E-state index in [1.807, 2.05) is 0 Å². The summed E-state index contributed by atoms with van der Waals surface area (Å²) in [5, 5.41) is 13.4. The van der Waals surface area contributed by atoms with E-state index in [-0.39, 0.29) is 28.3 Å². The van der Waals surface area contributed by atoms with Gasteiger partial charge in [0.15, 0.2) is 0 Å². The average molecular weight is 470 g/mol. The molecule has 160 valence electrons. The quantitative estimate of drug-likeness (QED) is 0.304. The van der Waals surface area contributed by atoms with E-state index >= 15 is 0 Å². The lowest BCUT2D eigenvalue weighted by Gasteiger charge is -2.30. The van der Waals surface area contributed by atoms with Crippen LogP contribution < -0.4 is 0 Å². The van der Waals surface area contributed by atoms with Crippen molar-refractivity contribution in [1.29, 1.82) is 0 Å². The van der Waals surface area contributed by atoms with Crippen molar-refractivity contribution in [3.63, 3.8) is 0 Å². The maximum absolute atomic E-state index is 13.4. The van der Waals surface area contributed by atoms with Crippen LogP contribution >= 0.6 is 23.2 Å². The Balaban J connectivity index is 1.84. The molecule has 0 aromatic heterocycles. The van der Waals surface area contributed by atoms with Gasteiger partial charge in [0.05, 0.1) is 27.6 Å². The van der Waals surface area contributed by atoms with Gasteiger partial charge in [-0.25, -0.2) is 5.01 Å². The molecule has 0 bridgehead atoms. The zero-order valence-corrected chi connectivity index (χ0v) is 17.7. The Hall–Kier alpha value is -3.75. The minimum atomic E-state index is -0.982. The normalized spacial score (nSPS) is 12.6. The van der Waals surface area contributed by atoms with Gasteiger partial charge in [-0.15, -0.1) is 0 Å². The van der Waals surface area contributed by atoms with Crippen LogP contribution in [-0.2, 0) is 6.54 Å². The lowest BCUT2D eigenvalue weighted by molar-refractivity contribution is -0.385. The van der Waals surface area contributed by atoms with E-state index in [0.29, 0.717) is 15.6 Å². The van der Waals surface area contributed by atoms with Crippen molar-refractivity contribution in [2.45, 2.75) is 6.54 Å². The third kappa shape index (κ3) is 3.59. The number of hydrogen-bond acceptors (Lipinski definition) is 5. The van der Waals surface area contributed by atoms with Gasteiger partial charge >= 0.3 is 0 Å². The monoisotopic (exact) mass is 469 g/mol. The lowest BCUT2D eigenvalue weighted by Crippen LogP contribution is -2.49. The maximum atomic E-state index is 13.4. The van der Waals surface area contributed by atoms with E-state index < -0.39 is 28.3 Å². The van der Waals surface area contributed by atoms with Crippen LogP contribution in [0, 0.1) is 10.1 Å². The van der Waals surface area contributed by atoms with Crippen LogP contribution in [0.15, 0.2) is 66.7 Å². The molecule has 0 radical (unpaired) electrons. The van der Waals surface area contributed by atoms with Gasteiger partial charge < -0.3 is 0 Å². The third-order valence-corrected chi connectivity index (χ3v) is 5.62. The second-order valence-electron chi connectivity index (χ2n) is 6.81. The Bertz CT molecular complexity index is 1290. The highest BCUT2D eigenvalue weighted by Gasteiger charge is 2.45. The van der Waals surface area contributed by atoms with Crippen LogP contribution in [-0.4, -0.2) is 32.7 Å². The fraction of sp³-hybridized carbons (Fsp3) is 0.0455. The summed E-state index contributed by atoms with van der Waals surface area (Å²) in [6.07, 6.45) is 0. The van der Waals surface area contributed by atoms with Gasteiger partial charge in [0.1, 0.15) is 5.56 Å². The van der Waals surface area contributed by atoms with Crippen LogP contribution in [0.4, 0.5) is 5.69 Å². The van der Waals surface area contributed by atoms with Gasteiger partial charge in [-0.3, -0.25) is 24.5 Å². The van der Waals surface area contributed by atoms with E-state index in [0.717, 1.165) is 11.1 Å². The van der Waals surface area contributed by atoms with Crippen LogP contribution in [0.5, 0.6) is 0 Å². The van der Waals surface area contributed by atoms with E-state index in [1.165, 1.54) is 24.3 Å². The van der Waals surface area contributed by atoms with Gasteiger partial charge in [-0.05, 0) is 29.8 Å². The number of hydrazine groups is 1. The molecule has 8 nitrogen and oxygen atoms in total. The van der Waals surface area contributed by atoms with E-state index in [2.05, 4.69) is 0 Å². The Labute approximate surface area is 191 Å². The number of nitro groups is 1. The molecule has 3 aromatic rings. The summed E-state index contributed by atoms with van der Waals surface area (Å²) >= 11 is 12.4. The first-order valence-electron chi connectivity index (χ1n) is 9.27. The van der Waals surface area contributed by atoms with Crippen molar-refractivity contribution in [3.05, 3.63) is 109 Å². The number of carbonyl (C=O) groups is 3. The summed E-state index contributed by atoms with van der Waals surface area (Å²) in [4.78, 5) is 50.5. The Morgan fingerprint density at radius 1 is 0.906 bits per heavy atom. The van der Waals surface area contributed by atoms with Gasteiger partial charge in [0.25, 0.3) is 23.4 Å². The lowest BCUT2D eigenvalue weighted by atomic mass is 10.1. The molecule has 0 saturated heterocycles. The van der Waals surface area contributed by atoms with Crippen molar-refractivity contribution >= 4 is 46.6 Å². The van der Waals surface area contributed by atoms with Crippen molar-refractivity contribution in [1.82, 2.24) is 10.0 Å². The molecule has 0 saturated carbocycles. The summed E-state index contributed by atoms with van der Waals surface area (Å²) in [5.74, 6) is -2.58. The number of nitrogens with zero attached hydrogens (tertiary/aromatic N) is 3. The van der Waals surface area contributed by atoms with Crippen molar-refractivity contribution in [3.8, 4) is 0 Å². The number of imide groups is 1. The maximum Gasteiger partial charge on any atom is 0.287 e. The van der Waals surface area contributed by atoms with Gasteiger partial charge in [-0.1, -0.05) is 59.6 Å². The number of benzene rings is 3. The first-order chi connectivity index (χ1) is 15.3. The third-order valence-electron chi connectivity index (χ3n) is 4.93. The molecule has 0 unspecified atom stereocenters. The molecule has 0 spiro atoms. The van der Waals surface area contributed by atoms with Crippen molar-refractivity contribution < 1.29 is 19.3 Å². The predicted octanol–water partition coefficient (Wildman–Crippen LogP) is 4.76. The molecular formula is C22H13Cl2N3O5. The molecule has 0 N–H and O–H groups in total. The highest BCUT2D eigenvalue weighted by atomic mass is 35.5. The summed E-state index contributed by atoms with van der Waals surface area (Å²) in [7, 11) is 0. The number of amides is 3. The number of carbonyl (C=O) groups excluding carboxylic acids is 3. The smallest absolute Gasteiger partial charge is 0.267 e. The standard InChI is InChI=1S/C22H13Cl2N3O5/c23-16-9-3-1-6-13(16)12-25(20(28)14-7-2-4-10-17(14)24)26-21(29)15-8-5-11-18(27(31)32)19(15)22(26)30/h1-11H,12H2. The van der Waals surface area contributed by atoms with Gasteiger partial charge in [0.2, 0.25) is 0 Å². The van der Waals surface area contributed by atoms with Crippen LogP contribution in [0.1, 0.15) is 36.6 Å². The molecule has 3 aromatic carbocycles. The molecule has 3 amide bonds. The van der Waals surface area contributed by atoms with Crippen LogP contribution in [0.2, 0.25) is 10.0 Å². The summed E-state index contributed by atoms with van der Waals surface area (Å²) < 4.78 is 0. The van der Waals surface area contributed by atoms with E-state index in [1.54, 1.807) is 36.4 Å². The second kappa shape index (κ2) is 8.41. The number of rotatable bonds is 5. The topological polar surface area (TPSA) is 101 Å². The number of hydrogen-bond donors (Lipinski definition) is 0. The molecule has 32 heavy (non-hydrogen) atoms. The fourth-order valence-corrected chi connectivity index (χ4v) is 3.83. The number of nitro benzene ring substituents is 1. The first kappa shape index (κ1) is 21.5. The van der Waals surface area contributed by atoms with E-state index in [4.69, 9.17) is 23.2 Å². The van der Waals surface area contributed by atoms with Gasteiger partial charge in [0, 0.05) is 11.1 Å². The number of halogens is 2. The van der Waals surface area contributed by atoms with E-state index in [9.17, 15) is 24.5 Å². The molecule has 4 rings (SSSR count). The molecule has 0 aliphatic carbocycles. The molecule has 1 aliphatic heterocycles. The van der Waals surface area contributed by atoms with Crippen molar-refractivity contribution in [2.75, 3.05) is 0 Å². The largest absolute Gasteiger partial charge is 0.287 e. The molecule has 1 heterocycles. The summed E-state index contributed by atoms with van der Waals surface area (Å²) in [5.41, 5.74) is -0.557. The zero-order chi connectivity index (χ0) is 23.0. The first-order valence-corrected chi connectivity index (χ1v) is 10.0. The molecular weight excluding hydrogens is 457 g/mol. The average Bonchev–Trinajstić information content (AvgIpc) is 3.03. The summed E-state index contributed by atoms with van der Waals surface area (Å²) in [6, 6.07) is 16.5. The highest BCUT2D eigenvalue weighted by molar-refractivity contribution is 6.34. The Morgan fingerprint density at radius 3 is 2.22 bits per heavy atom. The minimum Gasteiger partial charge on any atom is -0.267 e. The molecule has 0 atom stereocenters. The Kier molecular flexibility index (Phi) is 5.65. The number of fused-ring (bicyclic) bond motifs is 1. The molecule has 10 heteroatoms. The van der Waals surface area contributed by atoms with Crippen molar-refractivity contribution in [2.24, 2.45) is 0 Å². The summed E-state index contributed by atoms with van der Waals surface area (Å²) in [6.45, 7) is -0.247. The predicted molar refractivity (Wildman–Crippen MR) is 116 cm³/mol. The second-order valence-corrected chi connectivity index (χ2v) is 7.63. The van der Waals surface area contributed by atoms with Gasteiger partial charge in [-0.2, -0.15) is 5.01 Å². The SMILES string of the molecule is O=C(c1ccccc1Cl)N(Cc1ccccc1Cl)N1C(=O)c2cccc([N+](=O)[O-])c2C1=O. The molecule has 0 fully saturated rings. The minimum absolute atomic E-state index is 0.0484. The Morgan fingerprint density at radius 2 is 1.56 bits per heavy atom. The van der Waals surface area contributed by atoms with Crippen LogP contribution in [0.3, 0.4) is 0 Å². The fourth-order valence-electron chi connectivity index (χ4n) is 3.42. The molecule has 1 aliphatic rings. The zero-order valence-electron chi connectivity index (χ0n) is 16.2.